The number of aromatic nitrogens is 3. The summed E-state index contributed by atoms with van der Waals surface area (Å²) in [5.41, 5.74) is 2.33. The highest BCUT2D eigenvalue weighted by Gasteiger charge is 2.31. The highest BCUT2D eigenvalue weighted by Crippen LogP contribution is 2.31. The molecule has 0 spiro atoms. The number of carbonyl (C=O) groups is 1. The molecule has 0 unspecified atom stereocenters. The molecular weight excluding hydrogens is 326 g/mol. The number of benzene rings is 1. The second-order valence-corrected chi connectivity index (χ2v) is 6.20. The van der Waals surface area contributed by atoms with Crippen LogP contribution in [-0.4, -0.2) is 32.3 Å². The van der Waals surface area contributed by atoms with Crippen molar-refractivity contribution in [2.75, 3.05) is 11.9 Å². The Bertz CT molecular complexity index is 868. The molecule has 26 heavy (non-hydrogen) atoms. The van der Waals surface area contributed by atoms with E-state index in [-0.39, 0.29) is 11.9 Å². The summed E-state index contributed by atoms with van der Waals surface area (Å²) in [6, 6.07) is 15.5. The molecule has 0 bridgehead atoms. The van der Waals surface area contributed by atoms with E-state index in [1.54, 1.807) is 18.6 Å². The summed E-state index contributed by atoms with van der Waals surface area (Å²) in [7, 11) is 0. The number of para-hydroxylation sites is 1. The Morgan fingerprint density at radius 1 is 1.00 bits per heavy atom. The van der Waals surface area contributed by atoms with Crippen LogP contribution < -0.4 is 5.32 Å². The van der Waals surface area contributed by atoms with Crippen LogP contribution in [0.1, 0.15) is 34.9 Å². The predicted octanol–water partition coefficient (Wildman–Crippen LogP) is 3.59. The molecule has 6 nitrogen and oxygen atoms in total. The molecule has 4 rings (SSSR count). The third kappa shape index (κ3) is 3.39. The average molecular weight is 345 g/mol. The summed E-state index contributed by atoms with van der Waals surface area (Å²) in [6.07, 6.45) is 6.82. The van der Waals surface area contributed by atoms with Gasteiger partial charge in [-0.05, 0) is 37.1 Å². The van der Waals surface area contributed by atoms with Gasteiger partial charge in [-0.2, -0.15) is 0 Å². The second-order valence-electron chi connectivity index (χ2n) is 6.20. The van der Waals surface area contributed by atoms with Crippen molar-refractivity contribution in [1.82, 2.24) is 19.9 Å². The fraction of sp³-hybridized carbons (Fsp3) is 0.200. The van der Waals surface area contributed by atoms with Crippen molar-refractivity contribution < 1.29 is 4.79 Å². The largest absolute Gasteiger partial charge is 0.330 e. The molecule has 0 saturated carbocycles. The van der Waals surface area contributed by atoms with Crippen LogP contribution in [0.3, 0.4) is 0 Å². The maximum atomic E-state index is 12.9. The number of amides is 1. The number of likely N-dealkylation sites (tertiary alicyclic amines) is 1. The maximum Gasteiger partial charge on any atom is 0.257 e. The molecule has 1 amide bonds. The lowest BCUT2D eigenvalue weighted by Gasteiger charge is -2.24. The van der Waals surface area contributed by atoms with Gasteiger partial charge in [-0.15, -0.1) is 0 Å². The molecule has 1 N–H and O–H groups in total. The van der Waals surface area contributed by atoms with Gasteiger partial charge >= 0.3 is 0 Å². The zero-order valence-corrected chi connectivity index (χ0v) is 14.2. The Morgan fingerprint density at radius 3 is 2.50 bits per heavy atom. The standard InChI is InChI=1S/C20H19N5O/c26-19(25-12-6-10-18(25)17-9-4-5-11-21-17)15-13-22-20(23-14-15)24-16-7-2-1-3-8-16/h1-5,7-9,11,13-14,18H,6,10,12H2,(H,22,23,24)/t18-/m0/s1. The second kappa shape index (κ2) is 7.31. The number of pyridine rings is 1. The first-order chi connectivity index (χ1) is 12.8. The van der Waals surface area contributed by atoms with Crippen LogP contribution in [0.5, 0.6) is 0 Å². The molecule has 1 saturated heterocycles. The normalized spacial score (nSPS) is 16.5. The van der Waals surface area contributed by atoms with E-state index in [1.807, 2.05) is 53.4 Å². The first-order valence-corrected chi connectivity index (χ1v) is 8.67. The molecule has 3 aromatic rings. The van der Waals surface area contributed by atoms with E-state index in [2.05, 4.69) is 20.3 Å². The number of carbonyl (C=O) groups excluding carboxylic acids is 1. The Hall–Kier alpha value is -3.28. The highest BCUT2D eigenvalue weighted by atomic mass is 16.2. The predicted molar refractivity (Wildman–Crippen MR) is 99.0 cm³/mol. The van der Waals surface area contributed by atoms with Crippen molar-refractivity contribution in [1.29, 1.82) is 0 Å². The number of nitrogens with zero attached hydrogens (tertiary/aromatic N) is 4. The van der Waals surface area contributed by atoms with Crippen molar-refractivity contribution in [2.45, 2.75) is 18.9 Å². The zero-order valence-electron chi connectivity index (χ0n) is 14.2. The Morgan fingerprint density at radius 2 is 1.77 bits per heavy atom. The van der Waals surface area contributed by atoms with Gasteiger partial charge in [-0.1, -0.05) is 24.3 Å². The van der Waals surface area contributed by atoms with Crippen molar-refractivity contribution in [3.63, 3.8) is 0 Å². The molecule has 1 aliphatic rings. The molecular formula is C20H19N5O. The van der Waals surface area contributed by atoms with Crippen molar-refractivity contribution in [3.8, 4) is 0 Å². The summed E-state index contributed by atoms with van der Waals surface area (Å²) in [6.45, 7) is 0.726. The van der Waals surface area contributed by atoms with Gasteiger partial charge in [0.05, 0.1) is 17.3 Å². The van der Waals surface area contributed by atoms with Crippen LogP contribution in [0, 0.1) is 0 Å². The van der Waals surface area contributed by atoms with Gasteiger partial charge in [-0.3, -0.25) is 9.78 Å². The van der Waals surface area contributed by atoms with Crippen LogP contribution in [0.2, 0.25) is 0 Å². The van der Waals surface area contributed by atoms with Gasteiger partial charge in [0.2, 0.25) is 5.95 Å². The van der Waals surface area contributed by atoms with Crippen LogP contribution in [0.25, 0.3) is 0 Å². The number of anilines is 2. The topological polar surface area (TPSA) is 71.0 Å². The van der Waals surface area contributed by atoms with E-state index in [0.717, 1.165) is 30.8 Å². The van der Waals surface area contributed by atoms with Crippen LogP contribution in [0.15, 0.2) is 67.1 Å². The summed E-state index contributed by atoms with van der Waals surface area (Å²) in [5, 5.41) is 3.12. The van der Waals surface area contributed by atoms with E-state index < -0.39 is 0 Å². The minimum atomic E-state index is -0.0515. The smallest absolute Gasteiger partial charge is 0.257 e. The first-order valence-electron chi connectivity index (χ1n) is 8.67. The molecule has 0 radical (unpaired) electrons. The number of nitrogens with one attached hydrogen (secondary N) is 1. The molecule has 1 fully saturated rings. The molecule has 6 heteroatoms. The summed E-state index contributed by atoms with van der Waals surface area (Å²) in [4.78, 5) is 27.7. The fourth-order valence-electron chi connectivity index (χ4n) is 3.21. The van der Waals surface area contributed by atoms with E-state index in [4.69, 9.17) is 0 Å². The SMILES string of the molecule is O=C(c1cnc(Nc2ccccc2)nc1)N1CCC[C@H]1c1ccccn1. The summed E-state index contributed by atoms with van der Waals surface area (Å²) < 4.78 is 0. The number of hydrogen-bond acceptors (Lipinski definition) is 5. The van der Waals surface area contributed by atoms with Crippen molar-refractivity contribution in [2.24, 2.45) is 0 Å². The third-order valence-corrected chi connectivity index (χ3v) is 4.47. The van der Waals surface area contributed by atoms with Crippen molar-refractivity contribution in [3.05, 3.63) is 78.4 Å². The molecule has 2 aromatic heterocycles. The lowest BCUT2D eigenvalue weighted by Crippen LogP contribution is -2.31. The van der Waals surface area contributed by atoms with Crippen LogP contribution >= 0.6 is 0 Å². The number of hydrogen-bond donors (Lipinski definition) is 1. The van der Waals surface area contributed by atoms with Crippen molar-refractivity contribution >= 4 is 17.5 Å². The zero-order chi connectivity index (χ0) is 17.8. The Kier molecular flexibility index (Phi) is 4.55. The van der Waals surface area contributed by atoms with Gasteiger partial charge in [0.1, 0.15) is 0 Å². The fourth-order valence-corrected chi connectivity index (χ4v) is 3.21. The Labute approximate surface area is 151 Å². The third-order valence-electron chi connectivity index (χ3n) is 4.47. The Balaban J connectivity index is 1.49. The minimum absolute atomic E-state index is 0.0193. The van der Waals surface area contributed by atoms with Crippen LogP contribution in [0.4, 0.5) is 11.6 Å². The van der Waals surface area contributed by atoms with Gasteiger partial charge in [0, 0.05) is 30.8 Å². The summed E-state index contributed by atoms with van der Waals surface area (Å²) >= 11 is 0. The molecule has 1 aromatic carbocycles. The van der Waals surface area contributed by atoms with E-state index in [0.29, 0.717) is 11.5 Å². The van der Waals surface area contributed by atoms with Gasteiger partial charge < -0.3 is 10.2 Å². The number of rotatable bonds is 4. The minimum Gasteiger partial charge on any atom is -0.330 e. The van der Waals surface area contributed by atoms with Gasteiger partial charge in [0.25, 0.3) is 5.91 Å². The van der Waals surface area contributed by atoms with Gasteiger partial charge in [0.15, 0.2) is 0 Å². The summed E-state index contributed by atoms with van der Waals surface area (Å²) in [5.74, 6) is 0.417. The lowest BCUT2D eigenvalue weighted by atomic mass is 10.1. The van der Waals surface area contributed by atoms with E-state index >= 15 is 0 Å². The quantitative estimate of drug-likeness (QED) is 0.782. The monoisotopic (exact) mass is 345 g/mol. The van der Waals surface area contributed by atoms with Crippen LogP contribution in [-0.2, 0) is 0 Å². The van der Waals surface area contributed by atoms with Gasteiger partial charge in [-0.25, -0.2) is 9.97 Å². The first kappa shape index (κ1) is 16.2. The van der Waals surface area contributed by atoms with E-state index in [9.17, 15) is 4.79 Å². The molecule has 1 aliphatic heterocycles. The molecule has 130 valence electrons. The van der Waals surface area contributed by atoms with E-state index in [1.165, 1.54) is 0 Å². The maximum absolute atomic E-state index is 12.9. The molecule has 1 atom stereocenters. The molecule has 0 aliphatic carbocycles. The average Bonchev–Trinajstić information content (AvgIpc) is 3.19. The molecule has 3 heterocycles. The lowest BCUT2D eigenvalue weighted by molar-refractivity contribution is 0.0732. The highest BCUT2D eigenvalue weighted by molar-refractivity contribution is 5.94.